The Bertz CT molecular complexity index is 1070. The summed E-state index contributed by atoms with van der Waals surface area (Å²) in [6, 6.07) is 11.4. The molecule has 2 aromatic carbocycles. The normalized spacial score (nSPS) is 12.2. The summed E-state index contributed by atoms with van der Waals surface area (Å²) in [5.41, 5.74) is 1.72. The molecule has 0 saturated carbocycles. The number of hydrogen-bond acceptors (Lipinski definition) is 6. The summed E-state index contributed by atoms with van der Waals surface area (Å²) in [6.45, 7) is 0. The number of benzene rings is 2. The smallest absolute Gasteiger partial charge is 0.331 e. The Labute approximate surface area is 171 Å². The van der Waals surface area contributed by atoms with Gasteiger partial charge in [-0.1, -0.05) is 23.4 Å². The van der Waals surface area contributed by atoms with Crippen LogP contribution < -0.4 is 4.74 Å². The minimum absolute atomic E-state index is 0.372. The van der Waals surface area contributed by atoms with Crippen LogP contribution >= 0.6 is 0 Å². The summed E-state index contributed by atoms with van der Waals surface area (Å²) in [7, 11) is 1.52. The SMILES string of the molecule is COc1ccccc1C(CCCc1noc2cc(F)ccc12)OC(=O)/C=C\C(=O)O. The fourth-order valence-corrected chi connectivity index (χ4v) is 3.13. The Morgan fingerprint density at radius 2 is 2.03 bits per heavy atom. The molecular formula is C22H20FNO6. The highest BCUT2D eigenvalue weighted by Gasteiger charge is 2.20. The van der Waals surface area contributed by atoms with Gasteiger partial charge in [-0.15, -0.1) is 0 Å². The van der Waals surface area contributed by atoms with Gasteiger partial charge in [0.1, 0.15) is 17.7 Å². The second-order valence-corrected chi connectivity index (χ2v) is 6.50. The lowest BCUT2D eigenvalue weighted by atomic mass is 10.0. The lowest BCUT2D eigenvalue weighted by Gasteiger charge is -2.19. The van der Waals surface area contributed by atoms with Crippen LogP contribution in [0.1, 0.15) is 30.2 Å². The molecule has 0 amide bonds. The zero-order valence-electron chi connectivity index (χ0n) is 16.2. The summed E-state index contributed by atoms with van der Waals surface area (Å²) in [5.74, 6) is -1.85. The second kappa shape index (κ2) is 9.69. The van der Waals surface area contributed by atoms with Gasteiger partial charge in [-0.2, -0.15) is 0 Å². The number of carbonyl (C=O) groups is 2. The quantitative estimate of drug-likeness (QED) is 0.414. The predicted molar refractivity (Wildman–Crippen MR) is 106 cm³/mol. The van der Waals surface area contributed by atoms with Crippen LogP contribution in [0.2, 0.25) is 0 Å². The minimum Gasteiger partial charge on any atom is -0.496 e. The van der Waals surface area contributed by atoms with E-state index in [1.165, 1.54) is 19.2 Å². The van der Waals surface area contributed by atoms with E-state index in [0.717, 1.165) is 17.5 Å². The zero-order valence-corrected chi connectivity index (χ0v) is 16.2. The highest BCUT2D eigenvalue weighted by molar-refractivity contribution is 5.90. The van der Waals surface area contributed by atoms with Crippen LogP contribution in [0.4, 0.5) is 4.39 Å². The van der Waals surface area contributed by atoms with Crippen LogP contribution in [0, 0.1) is 5.82 Å². The van der Waals surface area contributed by atoms with Crippen molar-refractivity contribution in [1.29, 1.82) is 0 Å². The van der Waals surface area contributed by atoms with E-state index in [0.29, 0.717) is 41.9 Å². The average molecular weight is 413 g/mol. The largest absolute Gasteiger partial charge is 0.496 e. The molecule has 30 heavy (non-hydrogen) atoms. The summed E-state index contributed by atoms with van der Waals surface area (Å²) in [4.78, 5) is 22.7. The van der Waals surface area contributed by atoms with E-state index < -0.39 is 23.9 Å². The van der Waals surface area contributed by atoms with Crippen LogP contribution in [-0.2, 0) is 20.7 Å². The molecule has 1 aromatic heterocycles. The molecule has 0 bridgehead atoms. The molecule has 0 saturated heterocycles. The molecule has 1 unspecified atom stereocenters. The minimum atomic E-state index is -1.24. The van der Waals surface area contributed by atoms with Crippen molar-refractivity contribution in [3.63, 3.8) is 0 Å². The third kappa shape index (κ3) is 5.22. The van der Waals surface area contributed by atoms with Crippen LogP contribution in [0.15, 0.2) is 59.1 Å². The van der Waals surface area contributed by atoms with Gasteiger partial charge in [-0.05, 0) is 37.5 Å². The summed E-state index contributed by atoms with van der Waals surface area (Å²) in [5, 5.41) is 13.4. The molecule has 3 rings (SSSR count). The number of carboxylic acids is 1. The number of aliphatic carboxylic acids is 1. The van der Waals surface area contributed by atoms with E-state index in [9.17, 15) is 14.0 Å². The molecule has 0 spiro atoms. The van der Waals surface area contributed by atoms with E-state index in [1.807, 2.05) is 0 Å². The number of methoxy groups -OCH3 is 1. The van der Waals surface area contributed by atoms with E-state index >= 15 is 0 Å². The van der Waals surface area contributed by atoms with Crippen LogP contribution in [0.3, 0.4) is 0 Å². The van der Waals surface area contributed by atoms with Crippen molar-refractivity contribution in [1.82, 2.24) is 5.16 Å². The molecule has 0 radical (unpaired) electrons. The van der Waals surface area contributed by atoms with Crippen molar-refractivity contribution in [2.75, 3.05) is 7.11 Å². The first-order valence-electron chi connectivity index (χ1n) is 9.26. The van der Waals surface area contributed by atoms with Gasteiger partial charge in [0, 0.05) is 29.2 Å². The van der Waals surface area contributed by atoms with Gasteiger partial charge in [0.15, 0.2) is 5.58 Å². The van der Waals surface area contributed by atoms with Gasteiger partial charge in [0.2, 0.25) is 0 Å². The Kier molecular flexibility index (Phi) is 6.79. The molecule has 156 valence electrons. The molecule has 0 aliphatic rings. The summed E-state index contributed by atoms with van der Waals surface area (Å²) >= 11 is 0. The molecular weight excluding hydrogens is 393 g/mol. The van der Waals surface area contributed by atoms with Gasteiger partial charge in [-0.3, -0.25) is 0 Å². The number of aryl methyl sites for hydroxylation is 1. The molecule has 8 heteroatoms. The van der Waals surface area contributed by atoms with E-state index in [2.05, 4.69) is 5.16 Å². The number of nitrogens with zero attached hydrogens (tertiary/aromatic N) is 1. The molecule has 0 aliphatic heterocycles. The van der Waals surface area contributed by atoms with Crippen molar-refractivity contribution in [2.45, 2.75) is 25.4 Å². The maximum absolute atomic E-state index is 13.3. The molecule has 0 fully saturated rings. The van der Waals surface area contributed by atoms with E-state index in [4.69, 9.17) is 19.1 Å². The fourth-order valence-electron chi connectivity index (χ4n) is 3.13. The number of fused-ring (bicyclic) bond motifs is 1. The number of hydrogen-bond donors (Lipinski definition) is 1. The summed E-state index contributed by atoms with van der Waals surface area (Å²) < 4.78 is 29.3. The maximum atomic E-state index is 13.3. The third-order valence-corrected chi connectivity index (χ3v) is 4.49. The highest BCUT2D eigenvalue weighted by atomic mass is 19.1. The fraction of sp³-hybridized carbons (Fsp3) is 0.227. The topological polar surface area (TPSA) is 98.9 Å². The Morgan fingerprint density at radius 1 is 1.23 bits per heavy atom. The zero-order chi connectivity index (χ0) is 21.5. The second-order valence-electron chi connectivity index (χ2n) is 6.50. The van der Waals surface area contributed by atoms with Gasteiger partial charge in [-0.25, -0.2) is 14.0 Å². The molecule has 3 aromatic rings. The van der Waals surface area contributed by atoms with Gasteiger partial charge in [0.25, 0.3) is 0 Å². The van der Waals surface area contributed by atoms with Crippen molar-refractivity contribution < 1.29 is 33.1 Å². The van der Waals surface area contributed by atoms with Gasteiger partial charge in [0.05, 0.1) is 12.8 Å². The Morgan fingerprint density at radius 3 is 2.80 bits per heavy atom. The predicted octanol–water partition coefficient (Wildman–Crippen LogP) is 4.22. The standard InChI is InChI=1S/C22H20FNO6/c1-28-18-7-3-2-5-16(18)19(29-22(27)12-11-21(25)26)8-4-6-17-15-10-9-14(23)13-20(15)30-24-17/h2-3,5,7,9-13,19H,4,6,8H2,1H3,(H,25,26)/b12-11-. The van der Waals surface area contributed by atoms with Crippen molar-refractivity contribution >= 4 is 22.9 Å². The molecule has 1 atom stereocenters. The highest BCUT2D eigenvalue weighted by Crippen LogP contribution is 2.32. The number of carboxylic acid groups (broad SMARTS) is 1. The van der Waals surface area contributed by atoms with Crippen molar-refractivity contribution in [2.24, 2.45) is 0 Å². The number of rotatable bonds is 9. The van der Waals surface area contributed by atoms with Crippen LogP contribution in [0.25, 0.3) is 11.0 Å². The number of carbonyl (C=O) groups excluding carboxylic acids is 1. The number of esters is 1. The van der Waals surface area contributed by atoms with Crippen molar-refractivity contribution in [3.8, 4) is 5.75 Å². The van der Waals surface area contributed by atoms with Gasteiger partial charge < -0.3 is 19.1 Å². The van der Waals surface area contributed by atoms with Gasteiger partial charge >= 0.3 is 11.9 Å². The van der Waals surface area contributed by atoms with E-state index in [1.54, 1.807) is 30.3 Å². The molecule has 0 aliphatic carbocycles. The average Bonchev–Trinajstić information content (AvgIpc) is 3.13. The monoisotopic (exact) mass is 413 g/mol. The molecule has 1 heterocycles. The number of halogens is 1. The number of para-hydroxylation sites is 1. The van der Waals surface area contributed by atoms with Crippen LogP contribution in [-0.4, -0.2) is 29.3 Å². The first kappa shape index (κ1) is 21.0. The summed E-state index contributed by atoms with van der Waals surface area (Å²) in [6.07, 6.45) is 2.47. The number of aromatic nitrogens is 1. The first-order valence-corrected chi connectivity index (χ1v) is 9.26. The van der Waals surface area contributed by atoms with Crippen LogP contribution in [0.5, 0.6) is 5.75 Å². The number of ether oxygens (including phenoxy) is 2. The maximum Gasteiger partial charge on any atom is 0.331 e. The Hall–Kier alpha value is -3.68. The molecule has 7 nitrogen and oxygen atoms in total. The van der Waals surface area contributed by atoms with E-state index in [-0.39, 0.29) is 0 Å². The van der Waals surface area contributed by atoms with Crippen molar-refractivity contribution in [3.05, 3.63) is 71.7 Å². The lowest BCUT2D eigenvalue weighted by molar-refractivity contribution is -0.144. The third-order valence-electron chi connectivity index (χ3n) is 4.49. The molecule has 1 N–H and O–H groups in total. The first-order chi connectivity index (χ1) is 14.5. The Balaban J connectivity index is 1.74. The lowest BCUT2D eigenvalue weighted by Crippen LogP contribution is -2.11.